The number of hydrogen-bond donors (Lipinski definition) is 2. The number of nitrogens with two attached hydrogens (primary N) is 1. The molecular weight excluding hydrogens is 374 g/mol. The molecule has 4 nitrogen and oxygen atoms in total. The van der Waals surface area contributed by atoms with E-state index in [0.717, 1.165) is 37.5 Å². The first-order valence-electron chi connectivity index (χ1n) is 12.4. The largest absolute Gasteiger partial charge is 0.461 e. The molecule has 3 fully saturated rings. The molecule has 4 aliphatic rings. The van der Waals surface area contributed by atoms with Gasteiger partial charge in [-0.3, -0.25) is 4.79 Å². The van der Waals surface area contributed by atoms with Gasteiger partial charge in [0.05, 0.1) is 6.10 Å². The Labute approximate surface area is 183 Å². The first kappa shape index (κ1) is 22.3. The summed E-state index contributed by atoms with van der Waals surface area (Å²) in [5, 5.41) is 10.2. The fourth-order valence-corrected chi connectivity index (χ4v) is 8.07. The second-order valence-corrected chi connectivity index (χ2v) is 11.8. The lowest BCUT2D eigenvalue weighted by atomic mass is 9.47. The standard InChI is InChI=1S/C26H43NO3/c1-15(2)23(27)24(29)30-16(3)20-8-9-21-19-7-6-17-14-18(28)10-12-25(17,4)22(19)11-13-26(20,21)5/h6,15-16,18-23,28H,7-14,27H2,1-5H3/t16-,18?,19?,20+,21?,22?,23-,25-,26+/m0/s1. The number of fused-ring (bicyclic) bond motifs is 5. The molecule has 0 aromatic rings. The fraction of sp³-hybridized carbons (Fsp3) is 0.885. The highest BCUT2D eigenvalue weighted by molar-refractivity contribution is 5.75. The molecule has 0 amide bonds. The lowest BCUT2D eigenvalue weighted by Crippen LogP contribution is -2.51. The zero-order chi connectivity index (χ0) is 21.8. The van der Waals surface area contributed by atoms with E-state index in [1.165, 1.54) is 31.3 Å². The second-order valence-electron chi connectivity index (χ2n) is 11.8. The molecule has 0 spiro atoms. The predicted molar refractivity (Wildman–Crippen MR) is 120 cm³/mol. The summed E-state index contributed by atoms with van der Waals surface area (Å²) in [6.07, 6.45) is 11.3. The van der Waals surface area contributed by atoms with Gasteiger partial charge in [0, 0.05) is 5.92 Å². The second kappa shape index (κ2) is 7.92. The molecule has 3 saturated carbocycles. The van der Waals surface area contributed by atoms with Crippen molar-refractivity contribution in [3.63, 3.8) is 0 Å². The van der Waals surface area contributed by atoms with Gasteiger partial charge in [-0.15, -0.1) is 0 Å². The summed E-state index contributed by atoms with van der Waals surface area (Å²) in [6.45, 7) is 11.0. The Kier molecular flexibility index (Phi) is 5.89. The van der Waals surface area contributed by atoms with Crippen molar-refractivity contribution in [2.45, 2.75) is 104 Å². The first-order valence-corrected chi connectivity index (χ1v) is 12.4. The van der Waals surface area contributed by atoms with E-state index < -0.39 is 6.04 Å². The zero-order valence-electron chi connectivity index (χ0n) is 19.7. The molecule has 4 heteroatoms. The van der Waals surface area contributed by atoms with Gasteiger partial charge in [0.15, 0.2) is 0 Å². The third-order valence-corrected chi connectivity index (χ3v) is 10.0. The molecule has 0 saturated heterocycles. The normalized spacial score (nSPS) is 45.1. The van der Waals surface area contributed by atoms with E-state index in [1.54, 1.807) is 0 Å². The topological polar surface area (TPSA) is 72.6 Å². The molecule has 0 radical (unpaired) electrons. The maximum absolute atomic E-state index is 12.5. The third-order valence-electron chi connectivity index (χ3n) is 10.0. The number of rotatable bonds is 4. The van der Waals surface area contributed by atoms with Gasteiger partial charge in [0.2, 0.25) is 0 Å². The fourth-order valence-electron chi connectivity index (χ4n) is 8.07. The maximum Gasteiger partial charge on any atom is 0.323 e. The van der Waals surface area contributed by atoms with Crippen LogP contribution in [0.15, 0.2) is 11.6 Å². The number of esters is 1. The minimum absolute atomic E-state index is 0.0658. The molecule has 9 atom stereocenters. The van der Waals surface area contributed by atoms with E-state index >= 15 is 0 Å². The smallest absolute Gasteiger partial charge is 0.323 e. The molecule has 0 bridgehead atoms. The van der Waals surface area contributed by atoms with E-state index in [9.17, 15) is 9.90 Å². The van der Waals surface area contributed by atoms with Gasteiger partial charge in [-0.25, -0.2) is 0 Å². The van der Waals surface area contributed by atoms with Gasteiger partial charge in [-0.1, -0.05) is 39.3 Å². The van der Waals surface area contributed by atoms with Crippen LogP contribution in [-0.2, 0) is 9.53 Å². The number of allylic oxidation sites excluding steroid dienone is 1. The van der Waals surface area contributed by atoms with Crippen LogP contribution in [0.2, 0.25) is 0 Å². The molecule has 4 unspecified atom stereocenters. The minimum Gasteiger partial charge on any atom is -0.461 e. The summed E-state index contributed by atoms with van der Waals surface area (Å²) < 4.78 is 5.92. The van der Waals surface area contributed by atoms with Crippen molar-refractivity contribution in [3.05, 3.63) is 11.6 Å². The monoisotopic (exact) mass is 417 g/mol. The summed E-state index contributed by atoms with van der Waals surface area (Å²) in [4.78, 5) is 12.5. The summed E-state index contributed by atoms with van der Waals surface area (Å²) in [6, 6.07) is -0.531. The zero-order valence-corrected chi connectivity index (χ0v) is 19.7. The Balaban J connectivity index is 1.51. The molecule has 3 N–H and O–H groups in total. The van der Waals surface area contributed by atoms with Crippen LogP contribution >= 0.6 is 0 Å². The Morgan fingerprint density at radius 1 is 1.13 bits per heavy atom. The summed E-state index contributed by atoms with van der Waals surface area (Å²) in [5.74, 6) is 2.48. The highest BCUT2D eigenvalue weighted by atomic mass is 16.5. The van der Waals surface area contributed by atoms with Crippen molar-refractivity contribution in [2.24, 2.45) is 46.2 Å². The van der Waals surface area contributed by atoms with E-state index in [-0.39, 0.29) is 34.9 Å². The minimum atomic E-state index is -0.531. The number of ether oxygens (including phenoxy) is 1. The Hall–Kier alpha value is -0.870. The van der Waals surface area contributed by atoms with E-state index in [4.69, 9.17) is 10.5 Å². The Morgan fingerprint density at radius 3 is 2.57 bits per heavy atom. The highest BCUT2D eigenvalue weighted by Gasteiger charge is 2.59. The van der Waals surface area contributed by atoms with Gasteiger partial charge in [0.25, 0.3) is 0 Å². The van der Waals surface area contributed by atoms with Gasteiger partial charge < -0.3 is 15.6 Å². The molecule has 0 aliphatic heterocycles. The van der Waals surface area contributed by atoms with Crippen molar-refractivity contribution in [3.8, 4) is 0 Å². The Morgan fingerprint density at radius 2 is 1.87 bits per heavy atom. The molecule has 0 aromatic carbocycles. The maximum atomic E-state index is 12.5. The van der Waals surface area contributed by atoms with Crippen LogP contribution in [-0.4, -0.2) is 29.3 Å². The number of aliphatic hydroxyl groups is 1. The van der Waals surface area contributed by atoms with Crippen molar-refractivity contribution >= 4 is 5.97 Å². The van der Waals surface area contributed by atoms with Crippen LogP contribution in [0.1, 0.15) is 86.0 Å². The van der Waals surface area contributed by atoms with Gasteiger partial charge in [-0.2, -0.15) is 0 Å². The van der Waals surface area contributed by atoms with E-state index in [1.807, 2.05) is 13.8 Å². The van der Waals surface area contributed by atoms with Crippen molar-refractivity contribution in [2.75, 3.05) is 0 Å². The average Bonchev–Trinajstić information content (AvgIpc) is 3.05. The molecule has 0 heterocycles. The highest BCUT2D eigenvalue weighted by Crippen LogP contribution is 2.66. The van der Waals surface area contributed by atoms with E-state index in [2.05, 4.69) is 26.8 Å². The van der Waals surface area contributed by atoms with E-state index in [0.29, 0.717) is 11.8 Å². The van der Waals surface area contributed by atoms with Gasteiger partial charge in [-0.05, 0) is 92.8 Å². The summed E-state index contributed by atoms with van der Waals surface area (Å²) >= 11 is 0. The quantitative estimate of drug-likeness (QED) is 0.507. The summed E-state index contributed by atoms with van der Waals surface area (Å²) in [5.41, 5.74) is 8.11. The lowest BCUT2D eigenvalue weighted by Gasteiger charge is -2.58. The van der Waals surface area contributed by atoms with Crippen LogP contribution in [0.4, 0.5) is 0 Å². The molecule has 4 aliphatic carbocycles. The summed E-state index contributed by atoms with van der Waals surface area (Å²) in [7, 11) is 0. The van der Waals surface area contributed by atoms with Crippen LogP contribution in [0, 0.1) is 40.4 Å². The van der Waals surface area contributed by atoms with Crippen LogP contribution in [0.25, 0.3) is 0 Å². The first-order chi connectivity index (χ1) is 14.1. The number of hydrogen-bond acceptors (Lipinski definition) is 4. The lowest BCUT2D eigenvalue weighted by molar-refractivity contribution is -0.157. The number of carbonyl (C=O) groups excluding carboxylic acids is 1. The van der Waals surface area contributed by atoms with Gasteiger partial charge >= 0.3 is 5.97 Å². The average molecular weight is 418 g/mol. The van der Waals surface area contributed by atoms with Crippen molar-refractivity contribution < 1.29 is 14.6 Å². The molecule has 170 valence electrons. The predicted octanol–water partition coefficient (Wildman–Crippen LogP) is 4.84. The van der Waals surface area contributed by atoms with Crippen LogP contribution in [0.3, 0.4) is 0 Å². The molecular formula is C26H43NO3. The molecule has 30 heavy (non-hydrogen) atoms. The van der Waals surface area contributed by atoms with Crippen molar-refractivity contribution in [1.82, 2.24) is 0 Å². The number of carbonyl (C=O) groups is 1. The Bertz CT molecular complexity index is 702. The van der Waals surface area contributed by atoms with Crippen LogP contribution in [0.5, 0.6) is 0 Å². The van der Waals surface area contributed by atoms with Crippen molar-refractivity contribution in [1.29, 1.82) is 0 Å². The van der Waals surface area contributed by atoms with Crippen LogP contribution < -0.4 is 5.73 Å². The van der Waals surface area contributed by atoms with Gasteiger partial charge in [0.1, 0.15) is 12.1 Å². The molecule has 0 aromatic heterocycles. The SMILES string of the molecule is CC(C)[C@H](N)C(=O)O[C@@H](C)[C@H]1CCC2C3CC=C4CC(O)CC[C@]4(C)C3CC[C@@]21C. The number of aliphatic hydroxyl groups excluding tert-OH is 1. The molecule has 4 rings (SSSR count). The third kappa shape index (κ3) is 3.46.